The number of cyclic esters (lactones) is 2. The van der Waals surface area contributed by atoms with Gasteiger partial charge in [-0.15, -0.1) is 0 Å². The molecular weight excluding hydrogens is 1770 g/mol. The summed E-state index contributed by atoms with van der Waals surface area (Å²) in [7, 11) is 0. The molecule has 0 aromatic rings. The van der Waals surface area contributed by atoms with Crippen molar-refractivity contribution >= 4 is 71.6 Å². The van der Waals surface area contributed by atoms with Gasteiger partial charge in [0.1, 0.15) is 35.3 Å². The lowest BCUT2D eigenvalue weighted by atomic mass is 9.52. The van der Waals surface area contributed by atoms with Crippen molar-refractivity contribution in [1.29, 1.82) is 0 Å². The van der Waals surface area contributed by atoms with E-state index >= 15 is 0 Å². The molecule has 5 aliphatic heterocycles. The summed E-state index contributed by atoms with van der Waals surface area (Å²) in [5.41, 5.74) is -5.82. The summed E-state index contributed by atoms with van der Waals surface area (Å²) >= 11 is 0. The summed E-state index contributed by atoms with van der Waals surface area (Å²) in [4.78, 5) is 141. The first-order valence-electron chi connectivity index (χ1n) is 52.5. The van der Waals surface area contributed by atoms with E-state index in [-0.39, 0.29) is 112 Å². The van der Waals surface area contributed by atoms with Gasteiger partial charge in [-0.2, -0.15) is 0 Å². The number of rotatable bonds is 34. The molecule has 29 nitrogen and oxygen atoms in total. The summed E-state index contributed by atoms with van der Waals surface area (Å²) < 4.78 is 80.3. The molecule has 794 valence electrons. The van der Waals surface area contributed by atoms with E-state index in [1.165, 1.54) is 25.7 Å². The van der Waals surface area contributed by atoms with Crippen molar-refractivity contribution in [2.24, 2.45) is 84.2 Å². The summed E-state index contributed by atoms with van der Waals surface area (Å²) in [5, 5.41) is 21.3. The minimum absolute atomic E-state index is 0.0226. The SMILES string of the molecule is CCC(C)(C)C(=O)OC1(C(C)C)CCCC1.CCC(C)(C)C(=O)OC12CC3CC(CC(O)(C3)C1)C2.CCC(C)(C)C(=O)OC12CC3CC(CC(O)(C3)C1)C2.CCC(C)(C)C(=O)OC1C2CC3C(=O)OC1C3O2.CCC(C)(C)C(=O)OC1CCOC1=O.CCC(C)(C)C(=O)OC1CCOC1=O.CCC(C)(C)C(=O)OCCCOCOCC(C)(C)C.CCC1(OC(=O)COC(=O)C(C)(C)CC)CCCC1. The molecule has 0 aromatic carbocycles. The standard InChI is InChI=1S/2C16H26O3.C15H26O4.C15H30O4.C14H26O2.C13H18O5.2C10H16O4/c2*1-4-14(2,3)13(17)19-16-8-11-5-12(9-16)7-15(18,6-11)10-16;1-5-14(3,4)13(17)18-11-12(16)19-15(6-2)9-7-8-10-15;1-7-15(5,6)13(16)19-10-8-9-17-12-18-11-14(2,3)4;1-6-13(4,5)12(15)16-14(11(2)3)9-7-8-10-14;1-4-13(2,3)12(15)18-9-7-5-6-8(16-7)10(9)17-11(6)14;2*1-4-10(2,3)9(12)14-7-5-6-13-8(7)11/h2*11-12,18H,4-10H2,1-3H3;5-11H2,1-4H3;7-12H2,1-6H3;11H,6-10H2,1-5H3;6-10H,4-5H2,1-3H3;2*7H,4-6H2,1-3H3. The average molecular weight is 1960 g/mol. The molecule has 0 spiro atoms. The van der Waals surface area contributed by atoms with Crippen LogP contribution in [0.25, 0.3) is 0 Å². The van der Waals surface area contributed by atoms with Crippen molar-refractivity contribution in [2.45, 2.75) is 490 Å². The Labute approximate surface area is 826 Å². The number of aliphatic hydroxyl groups is 2. The molecule has 11 atom stereocenters. The zero-order chi connectivity index (χ0) is 104. The van der Waals surface area contributed by atoms with Crippen LogP contribution in [0.3, 0.4) is 0 Å². The lowest BCUT2D eigenvalue weighted by Gasteiger charge is -2.59. The molecule has 0 amide bonds. The fraction of sp³-hybridized carbons (Fsp3) is 0.890. The summed E-state index contributed by atoms with van der Waals surface area (Å²) in [6.07, 6.45) is 26.3. The average Bonchev–Trinajstić information content (AvgIpc) is 1.47. The molecule has 15 fully saturated rings. The van der Waals surface area contributed by atoms with E-state index in [0.717, 1.165) is 122 Å². The Morgan fingerprint density at radius 3 is 1.12 bits per heavy atom. The maximum absolute atomic E-state index is 12.4. The molecule has 2 N–H and O–H groups in total. The lowest BCUT2D eigenvalue weighted by Crippen LogP contribution is -2.61. The van der Waals surface area contributed by atoms with Gasteiger partial charge >= 0.3 is 71.6 Å². The number of esters is 12. The second kappa shape index (κ2) is 49.4. The maximum atomic E-state index is 12.4. The van der Waals surface area contributed by atoms with Gasteiger partial charge in [-0.25, -0.2) is 14.4 Å². The van der Waals surface area contributed by atoms with Gasteiger partial charge in [0.25, 0.3) is 0 Å². The monoisotopic (exact) mass is 1960 g/mol. The van der Waals surface area contributed by atoms with Crippen LogP contribution in [-0.2, 0) is 129 Å². The minimum Gasteiger partial charge on any atom is -0.465 e. The van der Waals surface area contributed by atoms with Crippen LogP contribution in [0.5, 0.6) is 0 Å². The highest BCUT2D eigenvalue weighted by Crippen LogP contribution is 2.61. The smallest absolute Gasteiger partial charge is 0.347 e. The largest absolute Gasteiger partial charge is 0.465 e. The first-order chi connectivity index (χ1) is 63.8. The highest BCUT2D eigenvalue weighted by Gasteiger charge is 2.66. The van der Waals surface area contributed by atoms with Crippen LogP contribution in [0, 0.1) is 84.2 Å². The van der Waals surface area contributed by atoms with Crippen LogP contribution >= 0.6 is 0 Å². The first kappa shape index (κ1) is 120. The minimum atomic E-state index is -0.687. The zero-order valence-corrected chi connectivity index (χ0v) is 90.6. The lowest BCUT2D eigenvalue weighted by molar-refractivity contribution is -0.226. The third kappa shape index (κ3) is 33.2. The van der Waals surface area contributed by atoms with Gasteiger partial charge in [0.15, 0.2) is 18.8 Å². The van der Waals surface area contributed by atoms with Crippen molar-refractivity contribution in [3.8, 4) is 0 Å². The number of ether oxygens (including phenoxy) is 15. The van der Waals surface area contributed by atoms with Crippen molar-refractivity contribution in [3.05, 3.63) is 0 Å². The molecule has 10 aliphatic carbocycles. The second-order valence-electron chi connectivity index (χ2n) is 48.9. The molecule has 138 heavy (non-hydrogen) atoms. The normalized spacial score (nSPS) is 28.6. The summed E-state index contributed by atoms with van der Waals surface area (Å²) in [6.45, 7) is 60.9. The van der Waals surface area contributed by atoms with Crippen LogP contribution in [-0.4, -0.2) is 199 Å². The van der Waals surface area contributed by atoms with Crippen molar-refractivity contribution in [1.82, 2.24) is 0 Å². The van der Waals surface area contributed by atoms with Gasteiger partial charge in [-0.3, -0.25) is 43.2 Å². The maximum Gasteiger partial charge on any atom is 0.347 e. The Balaban J connectivity index is 0.000000243. The third-order valence-corrected chi connectivity index (χ3v) is 32.3. The molecular formula is C109H184O29. The molecule has 29 heteroatoms. The topological polar surface area (TPSA) is 384 Å². The van der Waals surface area contributed by atoms with Gasteiger partial charge in [0.05, 0.1) is 99.6 Å². The van der Waals surface area contributed by atoms with Crippen LogP contribution in [0.15, 0.2) is 0 Å². The predicted molar refractivity (Wildman–Crippen MR) is 519 cm³/mol. The van der Waals surface area contributed by atoms with Gasteiger partial charge < -0.3 is 81.3 Å². The van der Waals surface area contributed by atoms with E-state index in [4.69, 9.17) is 71.1 Å². The molecule has 15 aliphatic rings. The Hall–Kier alpha value is -6.56. The molecule has 10 saturated carbocycles. The van der Waals surface area contributed by atoms with Gasteiger partial charge in [-0.1, -0.05) is 96.9 Å². The Morgan fingerprint density at radius 1 is 0.406 bits per heavy atom. The fourth-order valence-electron chi connectivity index (χ4n) is 20.0. The summed E-state index contributed by atoms with van der Waals surface area (Å²) in [6, 6.07) is 0. The quantitative estimate of drug-likeness (QED) is 0.0261. The van der Waals surface area contributed by atoms with Crippen molar-refractivity contribution < 1.29 is 139 Å². The Morgan fingerprint density at radius 2 is 0.768 bits per heavy atom. The van der Waals surface area contributed by atoms with Gasteiger partial charge in [-0.05, 0) is 326 Å². The number of hydrogen-bond donors (Lipinski definition) is 2. The summed E-state index contributed by atoms with van der Waals surface area (Å²) in [5.74, 6) is -0.547. The van der Waals surface area contributed by atoms with E-state index in [9.17, 15) is 67.7 Å². The molecule has 5 heterocycles. The van der Waals surface area contributed by atoms with Crippen LogP contribution in [0.1, 0.15) is 420 Å². The number of carbonyl (C=O) groups is 12. The Kier molecular flexibility index (Phi) is 43.0. The molecule has 5 saturated heterocycles. The predicted octanol–water partition coefficient (Wildman–Crippen LogP) is 20.3. The van der Waals surface area contributed by atoms with Gasteiger partial charge in [0.2, 0.25) is 12.2 Å². The number of hydrogen-bond acceptors (Lipinski definition) is 29. The van der Waals surface area contributed by atoms with E-state index in [2.05, 4.69) is 34.6 Å². The molecule has 0 aromatic heterocycles. The highest BCUT2D eigenvalue weighted by atomic mass is 16.7. The third-order valence-electron chi connectivity index (χ3n) is 32.3. The molecule has 10 bridgehead atoms. The Bertz CT molecular complexity index is 3870. The van der Waals surface area contributed by atoms with E-state index in [0.29, 0.717) is 134 Å². The molecule has 15 rings (SSSR count). The molecule has 11 unspecified atom stereocenters. The fourth-order valence-corrected chi connectivity index (χ4v) is 20.0. The van der Waals surface area contributed by atoms with Crippen molar-refractivity contribution in [2.75, 3.05) is 46.4 Å². The van der Waals surface area contributed by atoms with E-state index in [1.807, 2.05) is 145 Å². The zero-order valence-electron chi connectivity index (χ0n) is 90.6. The first-order valence-corrected chi connectivity index (χ1v) is 52.5. The van der Waals surface area contributed by atoms with Crippen LogP contribution < -0.4 is 0 Å². The second-order valence-corrected chi connectivity index (χ2v) is 48.9. The number of carbonyl (C=O) groups excluding carboxylic acids is 12. The number of fused-ring (bicyclic) bond motifs is 1. The molecule has 0 radical (unpaired) electrons. The van der Waals surface area contributed by atoms with E-state index in [1.54, 1.807) is 27.7 Å². The van der Waals surface area contributed by atoms with Gasteiger partial charge in [0, 0.05) is 32.1 Å². The van der Waals surface area contributed by atoms with Crippen LogP contribution in [0.4, 0.5) is 0 Å². The van der Waals surface area contributed by atoms with E-state index < -0.39 is 91.4 Å². The van der Waals surface area contributed by atoms with Crippen LogP contribution in [0.2, 0.25) is 0 Å². The van der Waals surface area contributed by atoms with Crippen molar-refractivity contribution in [3.63, 3.8) is 0 Å². The highest BCUT2D eigenvalue weighted by molar-refractivity contribution is 5.85.